The monoisotopic (exact) mass is 337 g/mol. The molecule has 2 aliphatic heterocycles. The second kappa shape index (κ2) is 8.27. The van der Waals surface area contributed by atoms with Crippen LogP contribution < -0.4 is 4.74 Å². The normalized spacial score (nSPS) is 31.3. The number of aliphatic hydroxyl groups is 3. The third-order valence-corrected chi connectivity index (χ3v) is 4.91. The van der Waals surface area contributed by atoms with Crippen molar-refractivity contribution in [3.05, 3.63) is 29.8 Å². The first kappa shape index (κ1) is 17.6. The van der Waals surface area contributed by atoms with Crippen molar-refractivity contribution in [3.63, 3.8) is 0 Å². The van der Waals surface area contributed by atoms with Crippen molar-refractivity contribution in [1.29, 1.82) is 0 Å². The number of β-amino-alcohol motifs (C(OH)–C–C–N with tert-alkyl or cyclic N) is 1. The van der Waals surface area contributed by atoms with Crippen molar-refractivity contribution < 1.29 is 24.8 Å². The number of benzene rings is 1. The van der Waals surface area contributed by atoms with Crippen LogP contribution in [-0.4, -0.2) is 77.5 Å². The van der Waals surface area contributed by atoms with Gasteiger partial charge >= 0.3 is 0 Å². The zero-order chi connectivity index (χ0) is 16.9. The third kappa shape index (κ3) is 4.46. The molecule has 3 N–H and O–H groups in total. The molecule has 6 heteroatoms. The molecule has 0 spiro atoms. The summed E-state index contributed by atoms with van der Waals surface area (Å²) < 4.78 is 11.2. The molecule has 0 aromatic heterocycles. The number of hydrogen-bond donors (Lipinski definition) is 3. The molecule has 134 valence electrons. The van der Waals surface area contributed by atoms with Crippen molar-refractivity contribution in [3.8, 4) is 5.75 Å². The minimum absolute atomic E-state index is 0.0000171. The predicted octanol–water partition coefficient (Wildman–Crippen LogP) is 0.185. The first-order valence-corrected chi connectivity index (χ1v) is 8.70. The average molecular weight is 337 g/mol. The molecular formula is C18H27NO5. The summed E-state index contributed by atoms with van der Waals surface area (Å²) in [7, 11) is 0. The summed E-state index contributed by atoms with van der Waals surface area (Å²) in [6, 6.07) is 7.97. The highest BCUT2D eigenvalue weighted by Crippen LogP contribution is 2.20. The Labute approximate surface area is 142 Å². The first-order chi connectivity index (χ1) is 11.7. The van der Waals surface area contributed by atoms with Crippen LogP contribution >= 0.6 is 0 Å². The van der Waals surface area contributed by atoms with Gasteiger partial charge in [0.2, 0.25) is 0 Å². The van der Waals surface area contributed by atoms with Crippen molar-refractivity contribution in [2.75, 3.05) is 32.9 Å². The lowest BCUT2D eigenvalue weighted by Gasteiger charge is -2.39. The Hall–Kier alpha value is -1.18. The van der Waals surface area contributed by atoms with E-state index in [2.05, 4.69) is 4.90 Å². The Morgan fingerprint density at radius 3 is 2.62 bits per heavy atom. The molecule has 0 amide bonds. The van der Waals surface area contributed by atoms with E-state index in [1.165, 1.54) is 5.56 Å². The molecule has 0 aliphatic carbocycles. The molecule has 2 heterocycles. The molecule has 1 aromatic carbocycles. The molecular weight excluding hydrogens is 310 g/mol. The summed E-state index contributed by atoms with van der Waals surface area (Å²) >= 11 is 0. The van der Waals surface area contributed by atoms with Gasteiger partial charge in [-0.05, 0) is 30.5 Å². The fourth-order valence-corrected chi connectivity index (χ4v) is 3.37. The van der Waals surface area contributed by atoms with E-state index in [-0.39, 0.29) is 18.8 Å². The van der Waals surface area contributed by atoms with E-state index in [9.17, 15) is 15.3 Å². The highest BCUT2D eigenvalue weighted by Gasteiger charge is 2.32. The second-order valence-corrected chi connectivity index (χ2v) is 6.70. The largest absolute Gasteiger partial charge is 0.488 e. The quantitative estimate of drug-likeness (QED) is 0.687. The topological polar surface area (TPSA) is 82.4 Å². The minimum Gasteiger partial charge on any atom is -0.488 e. The summed E-state index contributed by atoms with van der Waals surface area (Å²) in [6.45, 7) is 2.57. The van der Waals surface area contributed by atoms with E-state index in [1.54, 1.807) is 0 Å². The van der Waals surface area contributed by atoms with E-state index in [1.807, 2.05) is 24.3 Å². The van der Waals surface area contributed by atoms with Crippen LogP contribution in [0.4, 0.5) is 0 Å². The molecule has 4 atom stereocenters. The van der Waals surface area contributed by atoms with Gasteiger partial charge in [0.1, 0.15) is 11.9 Å². The standard InChI is InChI=1S/C18H27NO5/c20-11-14-9-17(21)18(22)10-19(14)7-5-13-1-3-15(4-2-13)24-16-6-8-23-12-16/h1-4,14,16-18,20-22H,5-12H2/t14-,16?,17?,18+/m1/s1. The van der Waals surface area contributed by atoms with Gasteiger partial charge in [-0.1, -0.05) is 12.1 Å². The number of piperidine rings is 1. The smallest absolute Gasteiger partial charge is 0.124 e. The number of ether oxygens (including phenoxy) is 2. The van der Waals surface area contributed by atoms with Crippen LogP contribution in [0.1, 0.15) is 18.4 Å². The maximum absolute atomic E-state index is 9.83. The summed E-state index contributed by atoms with van der Waals surface area (Å²) in [6.07, 6.45) is 0.849. The van der Waals surface area contributed by atoms with E-state index in [0.29, 0.717) is 19.6 Å². The van der Waals surface area contributed by atoms with Crippen LogP contribution in [0.5, 0.6) is 5.75 Å². The van der Waals surface area contributed by atoms with Gasteiger partial charge in [0.15, 0.2) is 0 Å². The lowest BCUT2D eigenvalue weighted by atomic mass is 9.97. The van der Waals surface area contributed by atoms with Crippen LogP contribution in [0.2, 0.25) is 0 Å². The number of likely N-dealkylation sites (tertiary alicyclic amines) is 1. The molecule has 1 aromatic rings. The number of nitrogens with zero attached hydrogens (tertiary/aromatic N) is 1. The molecule has 2 saturated heterocycles. The second-order valence-electron chi connectivity index (χ2n) is 6.70. The average Bonchev–Trinajstić information content (AvgIpc) is 3.10. The molecule has 2 aliphatic rings. The fraction of sp³-hybridized carbons (Fsp3) is 0.667. The Balaban J connectivity index is 1.50. The fourth-order valence-electron chi connectivity index (χ4n) is 3.37. The molecule has 24 heavy (non-hydrogen) atoms. The molecule has 2 fully saturated rings. The van der Waals surface area contributed by atoms with Crippen molar-refractivity contribution in [2.45, 2.75) is 43.6 Å². The SMILES string of the molecule is OC[C@H]1CC(O)[C@@H](O)CN1CCc1ccc(OC2CCOC2)cc1. The molecule has 0 radical (unpaired) electrons. The van der Waals surface area contributed by atoms with E-state index >= 15 is 0 Å². The van der Waals surface area contributed by atoms with Gasteiger partial charge in [0.05, 0.1) is 32.0 Å². The van der Waals surface area contributed by atoms with Gasteiger partial charge in [0, 0.05) is 25.6 Å². The lowest BCUT2D eigenvalue weighted by Crippen LogP contribution is -2.54. The minimum atomic E-state index is -0.741. The summed E-state index contributed by atoms with van der Waals surface area (Å²) in [5.41, 5.74) is 1.18. The van der Waals surface area contributed by atoms with Crippen molar-refractivity contribution in [2.24, 2.45) is 0 Å². The molecule has 0 bridgehead atoms. The Bertz CT molecular complexity index is 503. The van der Waals surface area contributed by atoms with Gasteiger partial charge in [-0.25, -0.2) is 0 Å². The zero-order valence-corrected chi connectivity index (χ0v) is 13.9. The Morgan fingerprint density at radius 2 is 1.96 bits per heavy atom. The molecule has 3 rings (SSSR count). The van der Waals surface area contributed by atoms with Gasteiger partial charge in [-0.2, -0.15) is 0 Å². The highest BCUT2D eigenvalue weighted by atomic mass is 16.5. The van der Waals surface area contributed by atoms with Gasteiger partial charge in [0.25, 0.3) is 0 Å². The van der Waals surface area contributed by atoms with Crippen molar-refractivity contribution in [1.82, 2.24) is 4.90 Å². The number of rotatable bonds is 6. The molecule has 6 nitrogen and oxygen atoms in total. The third-order valence-electron chi connectivity index (χ3n) is 4.91. The number of hydrogen-bond acceptors (Lipinski definition) is 6. The predicted molar refractivity (Wildman–Crippen MR) is 89.1 cm³/mol. The van der Waals surface area contributed by atoms with Crippen LogP contribution in [-0.2, 0) is 11.2 Å². The van der Waals surface area contributed by atoms with E-state index in [4.69, 9.17) is 9.47 Å². The van der Waals surface area contributed by atoms with Crippen LogP contribution in [0.3, 0.4) is 0 Å². The highest BCUT2D eigenvalue weighted by molar-refractivity contribution is 5.27. The van der Waals surface area contributed by atoms with E-state index < -0.39 is 12.2 Å². The van der Waals surface area contributed by atoms with Gasteiger partial charge in [-0.3, -0.25) is 4.90 Å². The van der Waals surface area contributed by atoms with Crippen molar-refractivity contribution >= 4 is 0 Å². The first-order valence-electron chi connectivity index (χ1n) is 8.70. The number of aliphatic hydroxyl groups excluding tert-OH is 3. The van der Waals surface area contributed by atoms with Crippen LogP contribution in [0.25, 0.3) is 0 Å². The van der Waals surface area contributed by atoms with Gasteiger partial charge < -0.3 is 24.8 Å². The lowest BCUT2D eigenvalue weighted by molar-refractivity contribution is -0.0703. The van der Waals surface area contributed by atoms with Crippen LogP contribution in [0.15, 0.2) is 24.3 Å². The summed E-state index contributed by atoms with van der Waals surface area (Å²) in [4.78, 5) is 2.05. The van der Waals surface area contributed by atoms with E-state index in [0.717, 1.165) is 31.7 Å². The zero-order valence-electron chi connectivity index (χ0n) is 13.9. The maximum Gasteiger partial charge on any atom is 0.124 e. The Kier molecular flexibility index (Phi) is 6.08. The Morgan fingerprint density at radius 1 is 1.17 bits per heavy atom. The maximum atomic E-state index is 9.83. The summed E-state index contributed by atoms with van der Waals surface area (Å²) in [5.74, 6) is 0.860. The van der Waals surface area contributed by atoms with Crippen LogP contribution in [0, 0.1) is 0 Å². The molecule has 0 saturated carbocycles. The van der Waals surface area contributed by atoms with Gasteiger partial charge in [-0.15, -0.1) is 0 Å². The molecule has 2 unspecified atom stereocenters. The summed E-state index contributed by atoms with van der Waals surface area (Å²) in [5, 5.41) is 29.0.